The fourth-order valence-corrected chi connectivity index (χ4v) is 1.78. The number of nitrogens with zero attached hydrogens (tertiary/aromatic N) is 3. The molecule has 0 aliphatic heterocycles. The van der Waals surface area contributed by atoms with E-state index in [1.165, 1.54) is 0 Å². The van der Waals surface area contributed by atoms with E-state index in [9.17, 15) is 0 Å². The van der Waals surface area contributed by atoms with Gasteiger partial charge in [-0.25, -0.2) is 0 Å². The first-order valence-electron chi connectivity index (χ1n) is 6.24. The molecule has 1 rings (SSSR count). The molecule has 106 valence electrons. The lowest BCUT2D eigenvalue weighted by Crippen LogP contribution is -2.31. The lowest BCUT2D eigenvalue weighted by molar-refractivity contribution is 0.145. The van der Waals surface area contributed by atoms with Crippen LogP contribution in [-0.4, -0.2) is 47.7 Å². The minimum atomic E-state index is 0.241. The third-order valence-corrected chi connectivity index (χ3v) is 2.76. The molecule has 0 amide bonds. The highest BCUT2D eigenvalue weighted by atomic mass is 16.5. The summed E-state index contributed by atoms with van der Waals surface area (Å²) in [7, 11) is 1.68. The van der Waals surface area contributed by atoms with Gasteiger partial charge >= 0.3 is 0 Å². The first-order chi connectivity index (χ1) is 9.15. The molecule has 0 aromatic carbocycles. The van der Waals surface area contributed by atoms with Crippen LogP contribution < -0.4 is 5.73 Å². The fourth-order valence-electron chi connectivity index (χ4n) is 1.78. The standard InChI is InChI=1S/C13H22N4O2/c1-11-7-12(9-15-8-11)10-17(5-6-19-2)4-3-13(14)16-18/h7-9,18H,3-6,10H2,1-2H3,(H2,14,16). The lowest BCUT2D eigenvalue weighted by atomic mass is 10.2. The van der Waals surface area contributed by atoms with Gasteiger partial charge in [0.15, 0.2) is 0 Å². The van der Waals surface area contributed by atoms with Gasteiger partial charge in [0.1, 0.15) is 5.84 Å². The van der Waals surface area contributed by atoms with Crippen molar-refractivity contribution < 1.29 is 9.94 Å². The normalized spacial score (nSPS) is 12.1. The van der Waals surface area contributed by atoms with Gasteiger partial charge in [0.2, 0.25) is 0 Å². The van der Waals surface area contributed by atoms with Crippen molar-refractivity contribution in [1.82, 2.24) is 9.88 Å². The van der Waals surface area contributed by atoms with Gasteiger partial charge in [-0.2, -0.15) is 0 Å². The van der Waals surface area contributed by atoms with Gasteiger partial charge in [0, 0.05) is 45.6 Å². The maximum absolute atomic E-state index is 8.56. The van der Waals surface area contributed by atoms with Gasteiger partial charge < -0.3 is 15.7 Å². The highest BCUT2D eigenvalue weighted by Gasteiger charge is 2.07. The van der Waals surface area contributed by atoms with Crippen molar-refractivity contribution in [2.24, 2.45) is 10.9 Å². The van der Waals surface area contributed by atoms with E-state index >= 15 is 0 Å². The summed E-state index contributed by atoms with van der Waals surface area (Å²) in [6, 6.07) is 2.11. The van der Waals surface area contributed by atoms with E-state index in [-0.39, 0.29) is 5.84 Å². The Morgan fingerprint density at radius 2 is 2.26 bits per heavy atom. The van der Waals surface area contributed by atoms with Crippen molar-refractivity contribution in [3.8, 4) is 0 Å². The fraction of sp³-hybridized carbons (Fsp3) is 0.538. The van der Waals surface area contributed by atoms with E-state index in [0.717, 1.165) is 24.2 Å². The van der Waals surface area contributed by atoms with E-state index in [1.807, 2.05) is 19.3 Å². The second-order valence-electron chi connectivity index (χ2n) is 4.48. The summed E-state index contributed by atoms with van der Waals surface area (Å²) in [6.45, 7) is 4.95. The van der Waals surface area contributed by atoms with Crippen molar-refractivity contribution in [2.75, 3.05) is 26.8 Å². The van der Waals surface area contributed by atoms with E-state index in [0.29, 0.717) is 19.6 Å². The number of hydrogen-bond acceptors (Lipinski definition) is 5. The zero-order valence-corrected chi connectivity index (χ0v) is 11.5. The van der Waals surface area contributed by atoms with Crippen LogP contribution in [0.15, 0.2) is 23.6 Å². The third kappa shape index (κ3) is 6.17. The number of aryl methyl sites for hydroxylation is 1. The van der Waals surface area contributed by atoms with Crippen LogP contribution in [0, 0.1) is 6.92 Å². The van der Waals surface area contributed by atoms with Crippen LogP contribution in [0.5, 0.6) is 0 Å². The van der Waals surface area contributed by atoms with Crippen LogP contribution >= 0.6 is 0 Å². The summed E-state index contributed by atoms with van der Waals surface area (Å²) in [5.74, 6) is 0.241. The highest BCUT2D eigenvalue weighted by molar-refractivity contribution is 5.79. The molecule has 1 heterocycles. The number of methoxy groups -OCH3 is 1. The SMILES string of the molecule is COCCN(CC/C(N)=N/O)Cc1cncc(C)c1. The lowest BCUT2D eigenvalue weighted by Gasteiger charge is -2.21. The van der Waals surface area contributed by atoms with Crippen LogP contribution in [0.3, 0.4) is 0 Å². The quantitative estimate of drug-likeness (QED) is 0.317. The van der Waals surface area contributed by atoms with E-state index < -0.39 is 0 Å². The van der Waals surface area contributed by atoms with Crippen molar-refractivity contribution in [1.29, 1.82) is 0 Å². The zero-order valence-electron chi connectivity index (χ0n) is 11.5. The average molecular weight is 266 g/mol. The summed E-state index contributed by atoms with van der Waals surface area (Å²) >= 11 is 0. The minimum absolute atomic E-state index is 0.241. The van der Waals surface area contributed by atoms with E-state index in [2.05, 4.69) is 21.1 Å². The molecule has 0 spiro atoms. The first kappa shape index (κ1) is 15.4. The average Bonchev–Trinajstić information content (AvgIpc) is 2.41. The largest absolute Gasteiger partial charge is 0.409 e. The van der Waals surface area contributed by atoms with E-state index in [1.54, 1.807) is 7.11 Å². The number of aromatic nitrogens is 1. The zero-order chi connectivity index (χ0) is 14.1. The highest BCUT2D eigenvalue weighted by Crippen LogP contribution is 2.06. The van der Waals surface area contributed by atoms with Crippen LogP contribution in [0.4, 0.5) is 0 Å². The molecule has 0 unspecified atom stereocenters. The van der Waals surface area contributed by atoms with Gasteiger partial charge in [-0.05, 0) is 18.1 Å². The van der Waals surface area contributed by atoms with Gasteiger partial charge in [0.25, 0.3) is 0 Å². The maximum Gasteiger partial charge on any atom is 0.140 e. The summed E-state index contributed by atoms with van der Waals surface area (Å²) < 4.78 is 5.10. The molecule has 0 radical (unpaired) electrons. The van der Waals surface area contributed by atoms with Crippen molar-refractivity contribution in [3.05, 3.63) is 29.6 Å². The van der Waals surface area contributed by atoms with Crippen LogP contribution in [-0.2, 0) is 11.3 Å². The number of amidine groups is 1. The summed E-state index contributed by atoms with van der Waals surface area (Å²) in [5, 5.41) is 11.5. The monoisotopic (exact) mass is 266 g/mol. The summed E-state index contributed by atoms with van der Waals surface area (Å²) in [4.78, 5) is 6.38. The van der Waals surface area contributed by atoms with Gasteiger partial charge in [0.05, 0.1) is 6.61 Å². The van der Waals surface area contributed by atoms with Crippen molar-refractivity contribution in [3.63, 3.8) is 0 Å². The maximum atomic E-state index is 8.56. The molecule has 0 bridgehead atoms. The molecule has 1 aromatic rings. The van der Waals surface area contributed by atoms with Crippen LogP contribution in [0.1, 0.15) is 17.5 Å². The van der Waals surface area contributed by atoms with Gasteiger partial charge in [-0.1, -0.05) is 11.2 Å². The molecule has 1 aromatic heterocycles. The molecule has 6 nitrogen and oxygen atoms in total. The molecular weight excluding hydrogens is 244 g/mol. The molecular formula is C13H22N4O2. The third-order valence-electron chi connectivity index (χ3n) is 2.76. The number of ether oxygens (including phenoxy) is 1. The van der Waals surface area contributed by atoms with Crippen LogP contribution in [0.2, 0.25) is 0 Å². The summed E-state index contributed by atoms with van der Waals surface area (Å²) in [5.41, 5.74) is 7.79. The molecule has 0 aliphatic rings. The molecule has 0 fully saturated rings. The minimum Gasteiger partial charge on any atom is -0.409 e. The van der Waals surface area contributed by atoms with Gasteiger partial charge in [-0.3, -0.25) is 9.88 Å². The number of pyridine rings is 1. The van der Waals surface area contributed by atoms with Crippen LogP contribution in [0.25, 0.3) is 0 Å². The predicted molar refractivity (Wildman–Crippen MR) is 74.2 cm³/mol. The summed E-state index contributed by atoms with van der Waals surface area (Å²) in [6.07, 6.45) is 4.22. The Bertz CT molecular complexity index is 409. The molecule has 0 saturated heterocycles. The number of rotatable bonds is 8. The topological polar surface area (TPSA) is 84.0 Å². The number of hydrogen-bond donors (Lipinski definition) is 2. The molecule has 0 aliphatic carbocycles. The first-order valence-corrected chi connectivity index (χ1v) is 6.24. The van der Waals surface area contributed by atoms with Gasteiger partial charge in [-0.15, -0.1) is 0 Å². The molecule has 0 saturated carbocycles. The molecule has 0 atom stereocenters. The Hall–Kier alpha value is -1.66. The Kier molecular flexibility index (Phi) is 6.84. The molecule has 3 N–H and O–H groups in total. The Labute approximate surface area is 113 Å². The molecule has 6 heteroatoms. The Balaban J connectivity index is 2.57. The second-order valence-corrected chi connectivity index (χ2v) is 4.48. The van der Waals surface area contributed by atoms with Crippen molar-refractivity contribution >= 4 is 5.84 Å². The number of oxime groups is 1. The molecule has 19 heavy (non-hydrogen) atoms. The smallest absolute Gasteiger partial charge is 0.140 e. The van der Waals surface area contributed by atoms with Crippen molar-refractivity contribution in [2.45, 2.75) is 19.9 Å². The number of nitrogens with two attached hydrogens (primary N) is 1. The second kappa shape index (κ2) is 8.44. The Morgan fingerprint density at radius 3 is 2.89 bits per heavy atom. The predicted octanol–water partition coefficient (Wildman–Crippen LogP) is 0.975. The Morgan fingerprint density at radius 1 is 1.47 bits per heavy atom. The van der Waals surface area contributed by atoms with E-state index in [4.69, 9.17) is 15.7 Å².